The maximum atomic E-state index is 6.83. The highest BCUT2D eigenvalue weighted by molar-refractivity contribution is 8.18. The molecule has 2 heterocycles. The zero-order chi connectivity index (χ0) is 17.0. The van der Waals surface area contributed by atoms with Gasteiger partial charge in [0.2, 0.25) is 0 Å². The molecule has 1 spiro atoms. The number of rotatable bonds is 4. The van der Waals surface area contributed by atoms with Gasteiger partial charge in [-0.3, -0.25) is 0 Å². The van der Waals surface area contributed by atoms with Crippen molar-refractivity contribution in [3.05, 3.63) is 71.8 Å². The van der Waals surface area contributed by atoms with Gasteiger partial charge in [-0.05, 0) is 60.7 Å². The van der Waals surface area contributed by atoms with E-state index in [-0.39, 0.29) is 4.27 Å². The monoisotopic (exact) mass is 370 g/mol. The highest BCUT2D eigenvalue weighted by atomic mass is 32.2. The van der Waals surface area contributed by atoms with E-state index in [4.69, 9.17) is 4.74 Å². The van der Waals surface area contributed by atoms with Crippen LogP contribution in [-0.4, -0.2) is 21.9 Å². The Morgan fingerprint density at radius 2 is 1.44 bits per heavy atom. The fourth-order valence-corrected chi connectivity index (χ4v) is 7.03. The minimum Gasteiger partial charge on any atom is -0.351 e. The molecule has 2 aromatic carbocycles. The van der Waals surface area contributed by atoms with Crippen molar-refractivity contribution in [1.29, 1.82) is 0 Å². The summed E-state index contributed by atoms with van der Waals surface area (Å²) in [6, 6.07) is 21.8. The summed E-state index contributed by atoms with van der Waals surface area (Å²) in [5.74, 6) is 3.10. The number of thioether (sulfide) groups is 2. The van der Waals surface area contributed by atoms with E-state index in [0.29, 0.717) is 12.0 Å². The van der Waals surface area contributed by atoms with Gasteiger partial charge in [0.15, 0.2) is 4.27 Å². The molecule has 0 radical (unpaired) electrons. The Balaban J connectivity index is 1.52. The van der Waals surface area contributed by atoms with Crippen LogP contribution >= 0.6 is 23.5 Å². The van der Waals surface area contributed by atoms with Gasteiger partial charge in [-0.2, -0.15) is 0 Å². The van der Waals surface area contributed by atoms with Gasteiger partial charge in [-0.25, -0.2) is 0 Å². The molecule has 2 atom stereocenters. The zero-order valence-electron chi connectivity index (χ0n) is 14.6. The first kappa shape index (κ1) is 17.5. The summed E-state index contributed by atoms with van der Waals surface area (Å²) in [5.41, 5.74) is 2.84. The maximum Gasteiger partial charge on any atom is 0.160 e. The largest absolute Gasteiger partial charge is 0.351 e. The predicted octanol–water partition coefficient (Wildman–Crippen LogP) is 5.79. The summed E-state index contributed by atoms with van der Waals surface area (Å²) in [6.45, 7) is 0. The molecule has 2 aromatic rings. The van der Waals surface area contributed by atoms with Gasteiger partial charge in [-0.15, -0.1) is 23.5 Å². The van der Waals surface area contributed by atoms with E-state index in [1.807, 2.05) is 23.5 Å². The lowest BCUT2D eigenvalue weighted by atomic mass is 9.85. The third-order valence-electron chi connectivity index (χ3n) is 5.23. The Labute approximate surface area is 159 Å². The van der Waals surface area contributed by atoms with E-state index in [9.17, 15) is 0 Å². The van der Waals surface area contributed by atoms with Crippen LogP contribution in [0.3, 0.4) is 0 Å². The summed E-state index contributed by atoms with van der Waals surface area (Å²) in [4.78, 5) is 0. The second-order valence-corrected chi connectivity index (χ2v) is 10.0. The van der Waals surface area contributed by atoms with Crippen LogP contribution in [0.15, 0.2) is 60.7 Å². The van der Waals surface area contributed by atoms with E-state index in [0.717, 1.165) is 12.8 Å². The van der Waals surface area contributed by atoms with E-state index in [1.54, 1.807) is 0 Å². The number of benzene rings is 2. The third kappa shape index (κ3) is 4.45. The number of hydrogen-bond acceptors (Lipinski definition) is 3. The topological polar surface area (TPSA) is 9.23 Å². The molecule has 0 N–H and O–H groups in total. The molecule has 2 fully saturated rings. The molecule has 1 nitrogen and oxygen atoms in total. The highest BCUT2D eigenvalue weighted by Gasteiger charge is 2.43. The molecule has 2 saturated heterocycles. The molecule has 3 heteroatoms. The van der Waals surface area contributed by atoms with Crippen LogP contribution in [0.1, 0.15) is 30.4 Å². The highest BCUT2D eigenvalue weighted by Crippen LogP contribution is 2.51. The Kier molecular flexibility index (Phi) is 5.74. The second kappa shape index (κ2) is 8.20. The molecule has 0 amide bonds. The van der Waals surface area contributed by atoms with Crippen molar-refractivity contribution in [1.82, 2.24) is 0 Å². The SMILES string of the molecule is c1ccc(CC2CCC3(OC2Cc2ccccc2)SCCCS3)cc1. The average molecular weight is 371 g/mol. The molecular formula is C22H26OS2. The van der Waals surface area contributed by atoms with Crippen molar-refractivity contribution in [2.45, 2.75) is 42.5 Å². The first-order valence-electron chi connectivity index (χ1n) is 9.37. The van der Waals surface area contributed by atoms with Crippen LogP contribution in [0.2, 0.25) is 0 Å². The second-order valence-electron chi connectivity index (χ2n) is 7.07. The number of ether oxygens (including phenoxy) is 1. The fraction of sp³-hybridized carbons (Fsp3) is 0.455. The first-order valence-corrected chi connectivity index (χ1v) is 11.3. The molecule has 0 saturated carbocycles. The maximum absolute atomic E-state index is 6.83. The molecule has 0 aliphatic carbocycles. The summed E-state index contributed by atoms with van der Waals surface area (Å²) in [5, 5.41) is 0. The van der Waals surface area contributed by atoms with Crippen molar-refractivity contribution in [2.24, 2.45) is 5.92 Å². The first-order chi connectivity index (χ1) is 12.3. The summed E-state index contributed by atoms with van der Waals surface area (Å²) >= 11 is 4.10. The molecule has 4 rings (SSSR count). The standard InChI is InChI=1S/C22H26OS2/c1-3-8-18(9-4-1)16-20-12-13-22(24-14-7-15-25-22)23-21(20)17-19-10-5-2-6-11-19/h1-6,8-11,20-21H,7,12-17H2. The van der Waals surface area contributed by atoms with Crippen molar-refractivity contribution < 1.29 is 4.74 Å². The van der Waals surface area contributed by atoms with Gasteiger partial charge >= 0.3 is 0 Å². The third-order valence-corrected chi connectivity index (χ3v) is 8.40. The van der Waals surface area contributed by atoms with E-state index >= 15 is 0 Å². The minimum absolute atomic E-state index is 0.0187. The molecule has 0 aromatic heterocycles. The molecule has 132 valence electrons. The Morgan fingerprint density at radius 1 is 0.840 bits per heavy atom. The average Bonchev–Trinajstić information content (AvgIpc) is 2.67. The van der Waals surface area contributed by atoms with Crippen molar-refractivity contribution in [3.63, 3.8) is 0 Å². The van der Waals surface area contributed by atoms with Crippen LogP contribution in [0.4, 0.5) is 0 Å². The molecule has 2 aliphatic rings. The van der Waals surface area contributed by atoms with Crippen LogP contribution in [0.25, 0.3) is 0 Å². The molecule has 2 aliphatic heterocycles. The van der Waals surface area contributed by atoms with Gasteiger partial charge in [0.05, 0.1) is 6.10 Å². The van der Waals surface area contributed by atoms with Gasteiger partial charge in [0.1, 0.15) is 0 Å². The quantitative estimate of drug-likeness (QED) is 0.674. The Hall–Kier alpha value is -0.900. The normalized spacial score (nSPS) is 25.8. The van der Waals surface area contributed by atoms with E-state index < -0.39 is 0 Å². The van der Waals surface area contributed by atoms with Gasteiger partial charge in [0.25, 0.3) is 0 Å². The lowest BCUT2D eigenvalue weighted by Gasteiger charge is -2.46. The lowest BCUT2D eigenvalue weighted by Crippen LogP contribution is -2.44. The molecule has 0 bridgehead atoms. The molecular weight excluding hydrogens is 344 g/mol. The minimum atomic E-state index is 0.0187. The van der Waals surface area contributed by atoms with Crippen molar-refractivity contribution in [2.75, 3.05) is 11.5 Å². The molecule has 25 heavy (non-hydrogen) atoms. The fourth-order valence-electron chi connectivity index (χ4n) is 3.91. The Morgan fingerprint density at radius 3 is 2.08 bits per heavy atom. The smallest absolute Gasteiger partial charge is 0.160 e. The summed E-state index contributed by atoms with van der Waals surface area (Å²) in [6.07, 6.45) is 6.24. The zero-order valence-corrected chi connectivity index (χ0v) is 16.2. The number of hydrogen-bond donors (Lipinski definition) is 0. The van der Waals surface area contributed by atoms with Crippen LogP contribution in [0, 0.1) is 5.92 Å². The van der Waals surface area contributed by atoms with E-state index in [2.05, 4.69) is 60.7 Å². The molecule has 2 unspecified atom stereocenters. The van der Waals surface area contributed by atoms with Crippen molar-refractivity contribution in [3.8, 4) is 0 Å². The van der Waals surface area contributed by atoms with Crippen molar-refractivity contribution >= 4 is 23.5 Å². The van der Waals surface area contributed by atoms with E-state index in [1.165, 1.54) is 41.9 Å². The van der Waals surface area contributed by atoms with Gasteiger partial charge in [0, 0.05) is 0 Å². The lowest BCUT2D eigenvalue weighted by molar-refractivity contribution is -0.0594. The predicted molar refractivity (Wildman–Crippen MR) is 110 cm³/mol. The van der Waals surface area contributed by atoms with Crippen LogP contribution < -0.4 is 0 Å². The van der Waals surface area contributed by atoms with Gasteiger partial charge in [-0.1, -0.05) is 60.7 Å². The summed E-state index contributed by atoms with van der Waals surface area (Å²) in [7, 11) is 0. The van der Waals surface area contributed by atoms with Crippen LogP contribution in [0.5, 0.6) is 0 Å². The van der Waals surface area contributed by atoms with Crippen LogP contribution in [-0.2, 0) is 17.6 Å². The summed E-state index contributed by atoms with van der Waals surface area (Å²) < 4.78 is 6.85. The van der Waals surface area contributed by atoms with Gasteiger partial charge < -0.3 is 4.74 Å². The Bertz CT molecular complexity index is 652.